The Labute approximate surface area is 147 Å². The van der Waals surface area contributed by atoms with E-state index in [4.69, 9.17) is 8.83 Å². The van der Waals surface area contributed by atoms with Crippen molar-refractivity contribution in [2.75, 3.05) is 20.6 Å². The van der Waals surface area contributed by atoms with Gasteiger partial charge in [-0.2, -0.15) is 0 Å². The van der Waals surface area contributed by atoms with Crippen LogP contribution in [0.5, 0.6) is 0 Å². The number of furan rings is 1. The Hall–Kier alpha value is -2.44. The lowest BCUT2D eigenvalue weighted by Gasteiger charge is -2.36. The van der Waals surface area contributed by atoms with Gasteiger partial charge in [-0.1, -0.05) is 24.3 Å². The SMILES string of the molecule is CN(Cc1nnc(-c2ccco2)o1)C[C@H]1Cc2ccccc2CN1C. The first-order chi connectivity index (χ1) is 12.2. The molecule has 0 aliphatic carbocycles. The summed E-state index contributed by atoms with van der Waals surface area (Å²) in [5, 5.41) is 8.18. The number of benzene rings is 1. The minimum atomic E-state index is 0.428. The molecule has 25 heavy (non-hydrogen) atoms. The van der Waals surface area contributed by atoms with Crippen molar-refractivity contribution in [3.05, 3.63) is 59.7 Å². The van der Waals surface area contributed by atoms with Crippen LogP contribution in [0.4, 0.5) is 0 Å². The number of hydrogen-bond donors (Lipinski definition) is 0. The van der Waals surface area contributed by atoms with Gasteiger partial charge >= 0.3 is 0 Å². The summed E-state index contributed by atoms with van der Waals surface area (Å²) in [6, 6.07) is 12.8. The molecule has 0 unspecified atom stereocenters. The molecule has 0 spiro atoms. The van der Waals surface area contributed by atoms with Crippen LogP contribution in [-0.2, 0) is 19.5 Å². The zero-order chi connectivity index (χ0) is 17.2. The Morgan fingerprint density at radius 1 is 1.16 bits per heavy atom. The van der Waals surface area contributed by atoms with Crippen molar-refractivity contribution < 1.29 is 8.83 Å². The van der Waals surface area contributed by atoms with E-state index in [9.17, 15) is 0 Å². The van der Waals surface area contributed by atoms with Gasteiger partial charge in [-0.05, 0) is 43.8 Å². The maximum Gasteiger partial charge on any atom is 0.283 e. The topological polar surface area (TPSA) is 58.5 Å². The summed E-state index contributed by atoms with van der Waals surface area (Å²) < 4.78 is 11.0. The molecule has 6 heteroatoms. The molecule has 0 saturated heterocycles. The van der Waals surface area contributed by atoms with Crippen molar-refractivity contribution in [1.29, 1.82) is 0 Å². The van der Waals surface area contributed by atoms with Gasteiger partial charge in [0.1, 0.15) is 0 Å². The van der Waals surface area contributed by atoms with Crippen molar-refractivity contribution in [3.63, 3.8) is 0 Å². The highest BCUT2D eigenvalue weighted by atomic mass is 16.4. The fraction of sp³-hybridized carbons (Fsp3) is 0.368. The van der Waals surface area contributed by atoms with Gasteiger partial charge in [-0.15, -0.1) is 10.2 Å². The summed E-state index contributed by atoms with van der Waals surface area (Å²) >= 11 is 0. The number of likely N-dealkylation sites (N-methyl/N-ethyl adjacent to an activating group) is 2. The van der Waals surface area contributed by atoms with E-state index in [1.54, 1.807) is 6.26 Å². The second-order valence-electron chi connectivity index (χ2n) is 6.72. The molecular formula is C19H22N4O2. The molecule has 0 saturated carbocycles. The molecule has 0 bridgehead atoms. The summed E-state index contributed by atoms with van der Waals surface area (Å²) in [4.78, 5) is 4.65. The average molecular weight is 338 g/mol. The van der Waals surface area contributed by atoms with Gasteiger partial charge in [0.25, 0.3) is 5.89 Å². The highest BCUT2D eigenvalue weighted by Crippen LogP contribution is 2.23. The van der Waals surface area contributed by atoms with Gasteiger partial charge in [0, 0.05) is 19.1 Å². The van der Waals surface area contributed by atoms with Crippen LogP contribution in [0.15, 0.2) is 51.5 Å². The molecule has 1 aliphatic rings. The molecule has 1 atom stereocenters. The third-order valence-electron chi connectivity index (χ3n) is 4.74. The van der Waals surface area contributed by atoms with E-state index in [0.29, 0.717) is 30.1 Å². The van der Waals surface area contributed by atoms with E-state index in [0.717, 1.165) is 19.5 Å². The maximum absolute atomic E-state index is 5.70. The standard InChI is InChI=1S/C19H22N4O2/c1-22(13-18-20-21-19(25-18)17-8-5-9-24-17)12-16-10-14-6-3-4-7-15(14)11-23(16)2/h3-9,16H,10-13H2,1-2H3/t16-/m1/s1. The molecule has 4 rings (SSSR count). The monoisotopic (exact) mass is 338 g/mol. The van der Waals surface area contributed by atoms with Crippen LogP contribution in [0.2, 0.25) is 0 Å². The summed E-state index contributed by atoms with van der Waals surface area (Å²) in [6.07, 6.45) is 2.67. The second-order valence-corrected chi connectivity index (χ2v) is 6.72. The first-order valence-corrected chi connectivity index (χ1v) is 8.51. The van der Waals surface area contributed by atoms with Crippen LogP contribution < -0.4 is 0 Å². The van der Waals surface area contributed by atoms with Gasteiger partial charge < -0.3 is 8.83 Å². The predicted molar refractivity (Wildman–Crippen MR) is 93.7 cm³/mol. The molecule has 130 valence electrons. The van der Waals surface area contributed by atoms with Crippen molar-refractivity contribution in [1.82, 2.24) is 20.0 Å². The van der Waals surface area contributed by atoms with Crippen molar-refractivity contribution in [3.8, 4) is 11.7 Å². The van der Waals surface area contributed by atoms with Crippen molar-refractivity contribution >= 4 is 0 Å². The maximum atomic E-state index is 5.70. The summed E-state index contributed by atoms with van der Waals surface area (Å²) in [5.74, 6) is 1.63. The Balaban J connectivity index is 1.38. The fourth-order valence-electron chi connectivity index (χ4n) is 3.39. The van der Waals surface area contributed by atoms with Crippen LogP contribution in [0.1, 0.15) is 17.0 Å². The Bertz CT molecular complexity index is 828. The third-order valence-corrected chi connectivity index (χ3v) is 4.74. The minimum Gasteiger partial charge on any atom is -0.459 e. The molecule has 6 nitrogen and oxygen atoms in total. The number of fused-ring (bicyclic) bond motifs is 1. The lowest BCUT2D eigenvalue weighted by molar-refractivity contribution is 0.153. The lowest BCUT2D eigenvalue weighted by Crippen LogP contribution is -2.44. The van der Waals surface area contributed by atoms with E-state index in [-0.39, 0.29) is 0 Å². The molecule has 0 fully saturated rings. The van der Waals surface area contributed by atoms with Crippen molar-refractivity contribution in [2.45, 2.75) is 25.6 Å². The number of aromatic nitrogens is 2. The van der Waals surface area contributed by atoms with E-state index in [2.05, 4.69) is 58.4 Å². The van der Waals surface area contributed by atoms with Crippen LogP contribution in [0.25, 0.3) is 11.7 Å². The average Bonchev–Trinajstić information content (AvgIpc) is 3.26. The van der Waals surface area contributed by atoms with E-state index < -0.39 is 0 Å². The molecule has 3 aromatic rings. The number of nitrogens with zero attached hydrogens (tertiary/aromatic N) is 4. The summed E-state index contributed by atoms with van der Waals surface area (Å²) in [5.41, 5.74) is 2.89. The van der Waals surface area contributed by atoms with Gasteiger partial charge in [-0.3, -0.25) is 9.80 Å². The third kappa shape index (κ3) is 3.50. The van der Waals surface area contributed by atoms with Crippen LogP contribution in [-0.4, -0.2) is 46.7 Å². The van der Waals surface area contributed by atoms with E-state index in [1.807, 2.05) is 12.1 Å². The van der Waals surface area contributed by atoms with Crippen LogP contribution in [0, 0.1) is 0 Å². The smallest absolute Gasteiger partial charge is 0.283 e. The largest absolute Gasteiger partial charge is 0.459 e. The minimum absolute atomic E-state index is 0.428. The quantitative estimate of drug-likeness (QED) is 0.713. The Morgan fingerprint density at radius 3 is 2.80 bits per heavy atom. The van der Waals surface area contributed by atoms with Gasteiger partial charge in [-0.25, -0.2) is 0 Å². The molecule has 2 aromatic heterocycles. The lowest BCUT2D eigenvalue weighted by atomic mass is 9.94. The second kappa shape index (κ2) is 6.82. The van der Waals surface area contributed by atoms with Crippen LogP contribution >= 0.6 is 0 Å². The zero-order valence-electron chi connectivity index (χ0n) is 14.6. The Kier molecular flexibility index (Phi) is 4.38. The molecule has 1 aliphatic heterocycles. The summed E-state index contributed by atoms with van der Waals surface area (Å²) in [7, 11) is 4.28. The highest BCUT2D eigenvalue weighted by Gasteiger charge is 2.24. The van der Waals surface area contributed by atoms with Crippen molar-refractivity contribution in [2.24, 2.45) is 0 Å². The van der Waals surface area contributed by atoms with Crippen LogP contribution in [0.3, 0.4) is 0 Å². The molecule has 1 aromatic carbocycles. The first kappa shape index (κ1) is 16.1. The number of rotatable bonds is 5. The fourth-order valence-corrected chi connectivity index (χ4v) is 3.39. The molecule has 3 heterocycles. The van der Waals surface area contributed by atoms with E-state index in [1.165, 1.54) is 11.1 Å². The summed E-state index contributed by atoms with van der Waals surface area (Å²) in [6.45, 7) is 2.57. The van der Waals surface area contributed by atoms with Gasteiger partial charge in [0.05, 0.1) is 12.8 Å². The highest BCUT2D eigenvalue weighted by molar-refractivity contribution is 5.42. The van der Waals surface area contributed by atoms with E-state index >= 15 is 0 Å². The predicted octanol–water partition coefficient (Wildman–Crippen LogP) is 2.82. The molecule has 0 N–H and O–H groups in total. The van der Waals surface area contributed by atoms with Gasteiger partial charge in [0.15, 0.2) is 5.76 Å². The normalized spacial score (nSPS) is 17.8. The number of hydrogen-bond acceptors (Lipinski definition) is 6. The zero-order valence-corrected chi connectivity index (χ0v) is 14.6. The molecule has 0 amide bonds. The first-order valence-electron chi connectivity index (χ1n) is 8.51. The molecule has 0 radical (unpaired) electrons. The Morgan fingerprint density at radius 2 is 2.00 bits per heavy atom. The van der Waals surface area contributed by atoms with Gasteiger partial charge in [0.2, 0.25) is 5.89 Å². The molecular weight excluding hydrogens is 316 g/mol.